The average molecular weight is 232 g/mol. The van der Waals surface area contributed by atoms with Crippen molar-refractivity contribution in [3.8, 4) is 0 Å². The lowest BCUT2D eigenvalue weighted by Gasteiger charge is -2.33. The predicted molar refractivity (Wildman–Crippen MR) is 59.6 cm³/mol. The number of sulfone groups is 1. The molecular formula is C11H20O3S. The first-order valence-corrected chi connectivity index (χ1v) is 7.30. The van der Waals surface area contributed by atoms with E-state index in [4.69, 9.17) is 4.74 Å². The molecule has 2 atom stereocenters. The van der Waals surface area contributed by atoms with E-state index in [1.807, 2.05) is 20.8 Å². The van der Waals surface area contributed by atoms with Gasteiger partial charge in [0, 0.05) is 0 Å². The third-order valence-electron chi connectivity index (χ3n) is 3.31. The Hall–Kier alpha value is -0.0900. The van der Waals surface area contributed by atoms with Crippen molar-refractivity contribution in [3.63, 3.8) is 0 Å². The second-order valence-electron chi connectivity index (χ2n) is 5.73. The zero-order chi connectivity index (χ0) is 11.3. The van der Waals surface area contributed by atoms with Gasteiger partial charge in [0.2, 0.25) is 0 Å². The minimum atomic E-state index is -2.80. The fourth-order valence-electron chi connectivity index (χ4n) is 2.76. The van der Waals surface area contributed by atoms with E-state index in [9.17, 15) is 8.42 Å². The molecule has 2 aliphatic heterocycles. The molecule has 2 heterocycles. The Morgan fingerprint density at radius 1 is 1.07 bits per heavy atom. The third-order valence-corrected chi connectivity index (χ3v) is 6.03. The van der Waals surface area contributed by atoms with Gasteiger partial charge < -0.3 is 4.74 Å². The van der Waals surface area contributed by atoms with Crippen LogP contribution in [0.25, 0.3) is 0 Å². The van der Waals surface area contributed by atoms with Crippen LogP contribution >= 0.6 is 0 Å². The van der Waals surface area contributed by atoms with Crippen molar-refractivity contribution in [3.05, 3.63) is 0 Å². The average Bonchev–Trinajstić information content (AvgIpc) is 2.29. The number of hydrogen-bond acceptors (Lipinski definition) is 3. The van der Waals surface area contributed by atoms with Gasteiger partial charge in [-0.3, -0.25) is 0 Å². The normalized spacial score (nSPS) is 39.3. The van der Waals surface area contributed by atoms with Gasteiger partial charge in [-0.25, -0.2) is 8.42 Å². The second kappa shape index (κ2) is 3.45. The molecule has 0 aromatic rings. The molecule has 88 valence electrons. The van der Waals surface area contributed by atoms with Crippen LogP contribution in [0.15, 0.2) is 0 Å². The topological polar surface area (TPSA) is 43.4 Å². The van der Waals surface area contributed by atoms with E-state index in [0.29, 0.717) is 12.8 Å². The van der Waals surface area contributed by atoms with E-state index in [1.54, 1.807) is 0 Å². The summed E-state index contributed by atoms with van der Waals surface area (Å²) in [5, 5.41) is -0.243. The Morgan fingerprint density at radius 3 is 1.93 bits per heavy atom. The first kappa shape index (κ1) is 11.4. The summed E-state index contributed by atoms with van der Waals surface area (Å²) in [5.74, 6) is 0. The highest BCUT2D eigenvalue weighted by Gasteiger charge is 2.47. The summed E-state index contributed by atoms with van der Waals surface area (Å²) in [6.07, 6.45) is 3.24. The van der Waals surface area contributed by atoms with Gasteiger partial charge in [0.05, 0.1) is 22.2 Å². The van der Waals surface area contributed by atoms with E-state index >= 15 is 0 Å². The maximum Gasteiger partial charge on any atom is 0.156 e. The van der Waals surface area contributed by atoms with E-state index in [-0.39, 0.29) is 22.2 Å². The van der Waals surface area contributed by atoms with E-state index in [1.165, 1.54) is 0 Å². The van der Waals surface area contributed by atoms with E-state index < -0.39 is 9.84 Å². The Morgan fingerprint density at radius 2 is 1.53 bits per heavy atom. The van der Waals surface area contributed by atoms with Crippen LogP contribution in [0.5, 0.6) is 0 Å². The first-order chi connectivity index (χ1) is 6.79. The van der Waals surface area contributed by atoms with Gasteiger partial charge in [-0.1, -0.05) is 0 Å². The molecule has 2 bridgehead atoms. The van der Waals surface area contributed by atoms with Gasteiger partial charge in [-0.05, 0) is 46.5 Å². The van der Waals surface area contributed by atoms with Crippen molar-refractivity contribution in [1.82, 2.24) is 0 Å². The highest BCUT2D eigenvalue weighted by molar-refractivity contribution is 7.93. The Bertz CT molecular complexity index is 319. The second-order valence-corrected chi connectivity index (χ2v) is 8.25. The molecule has 2 rings (SSSR count). The van der Waals surface area contributed by atoms with Gasteiger partial charge >= 0.3 is 0 Å². The lowest BCUT2D eigenvalue weighted by Crippen LogP contribution is -2.40. The summed E-state index contributed by atoms with van der Waals surface area (Å²) in [7, 11) is -2.80. The largest absolute Gasteiger partial charge is 0.373 e. The minimum absolute atomic E-state index is 0.122. The zero-order valence-electron chi connectivity index (χ0n) is 9.69. The highest BCUT2D eigenvalue weighted by Crippen LogP contribution is 2.40. The molecule has 2 fully saturated rings. The molecule has 4 heteroatoms. The van der Waals surface area contributed by atoms with Gasteiger partial charge in [-0.15, -0.1) is 0 Å². The molecule has 3 nitrogen and oxygen atoms in total. The number of fused-ring (bicyclic) bond motifs is 2. The monoisotopic (exact) mass is 232 g/mol. The lowest BCUT2D eigenvalue weighted by atomic mass is 10.1. The maximum absolute atomic E-state index is 11.8. The Kier molecular flexibility index (Phi) is 2.62. The first-order valence-electron chi connectivity index (χ1n) is 5.69. The fourth-order valence-corrected chi connectivity index (χ4v) is 5.19. The van der Waals surface area contributed by atoms with Crippen LogP contribution in [0, 0.1) is 0 Å². The Balaban J connectivity index is 2.07. The van der Waals surface area contributed by atoms with Crippen LogP contribution in [-0.2, 0) is 14.6 Å². The van der Waals surface area contributed by atoms with Crippen LogP contribution in [0.3, 0.4) is 0 Å². The molecule has 0 amide bonds. The minimum Gasteiger partial charge on any atom is -0.373 e. The summed E-state index contributed by atoms with van der Waals surface area (Å²) in [5.41, 5.74) is -0.161. The van der Waals surface area contributed by atoms with Crippen LogP contribution in [0.2, 0.25) is 0 Å². The lowest BCUT2D eigenvalue weighted by molar-refractivity contribution is -0.0662. The van der Waals surface area contributed by atoms with Crippen LogP contribution < -0.4 is 0 Å². The molecule has 0 aromatic heterocycles. The molecule has 2 unspecified atom stereocenters. The predicted octanol–water partition coefficient (Wildman–Crippen LogP) is 1.91. The number of hydrogen-bond donors (Lipinski definition) is 0. The van der Waals surface area contributed by atoms with Crippen molar-refractivity contribution in [2.75, 3.05) is 0 Å². The van der Waals surface area contributed by atoms with E-state index in [0.717, 1.165) is 12.8 Å². The molecule has 2 aliphatic rings. The molecule has 0 saturated carbocycles. The zero-order valence-corrected chi connectivity index (χ0v) is 10.5. The highest BCUT2D eigenvalue weighted by atomic mass is 32.2. The van der Waals surface area contributed by atoms with Gasteiger partial charge in [0.1, 0.15) is 0 Å². The molecule has 0 radical (unpaired) electrons. The smallest absolute Gasteiger partial charge is 0.156 e. The standard InChI is InChI=1S/C11H20O3S/c1-11(2,3)14-8-6-9-4-5-10(7-8)15(9,12)13/h8-10H,4-7H2,1-3H3. The Labute approximate surface area is 92.1 Å². The molecule has 0 aliphatic carbocycles. The van der Waals surface area contributed by atoms with Crippen molar-refractivity contribution >= 4 is 9.84 Å². The molecule has 2 saturated heterocycles. The number of rotatable bonds is 1. The van der Waals surface area contributed by atoms with Gasteiger partial charge in [0.25, 0.3) is 0 Å². The third kappa shape index (κ3) is 2.21. The summed E-state index contributed by atoms with van der Waals surface area (Å²) in [6.45, 7) is 6.08. The van der Waals surface area contributed by atoms with E-state index in [2.05, 4.69) is 0 Å². The summed E-state index contributed by atoms with van der Waals surface area (Å²) < 4.78 is 29.5. The van der Waals surface area contributed by atoms with Crippen LogP contribution in [-0.4, -0.2) is 30.6 Å². The molecule has 0 spiro atoms. The molecule has 0 N–H and O–H groups in total. The summed E-state index contributed by atoms with van der Waals surface area (Å²) in [4.78, 5) is 0. The summed E-state index contributed by atoms with van der Waals surface area (Å²) >= 11 is 0. The van der Waals surface area contributed by atoms with Crippen molar-refractivity contribution in [2.24, 2.45) is 0 Å². The van der Waals surface area contributed by atoms with Gasteiger partial charge in [0.15, 0.2) is 9.84 Å². The quantitative estimate of drug-likeness (QED) is 0.693. The van der Waals surface area contributed by atoms with Crippen molar-refractivity contribution in [2.45, 2.75) is 68.7 Å². The molecular weight excluding hydrogens is 212 g/mol. The molecule has 0 aromatic carbocycles. The van der Waals surface area contributed by atoms with Crippen LogP contribution in [0.1, 0.15) is 46.5 Å². The maximum atomic E-state index is 11.8. The molecule has 15 heavy (non-hydrogen) atoms. The number of ether oxygens (including phenoxy) is 1. The van der Waals surface area contributed by atoms with Crippen molar-refractivity contribution < 1.29 is 13.2 Å². The SMILES string of the molecule is CC(C)(C)OC1CC2CCC(C1)S2(=O)=O. The van der Waals surface area contributed by atoms with Crippen LogP contribution in [0.4, 0.5) is 0 Å². The van der Waals surface area contributed by atoms with Crippen molar-refractivity contribution in [1.29, 1.82) is 0 Å². The summed E-state index contributed by atoms with van der Waals surface area (Å²) in [6, 6.07) is 0. The van der Waals surface area contributed by atoms with Gasteiger partial charge in [-0.2, -0.15) is 0 Å². The fraction of sp³-hybridized carbons (Fsp3) is 1.00.